The highest BCUT2D eigenvalue weighted by atomic mass is 127. The summed E-state index contributed by atoms with van der Waals surface area (Å²) in [6, 6.07) is 1.02. The average Bonchev–Trinajstić information content (AvgIpc) is 3.20. The number of rotatable bonds is 3. The molecule has 2 rings (SSSR count). The van der Waals surface area contributed by atoms with Gasteiger partial charge in [0, 0.05) is 19.1 Å². The molecule has 0 bridgehead atoms. The molecule has 128 valence electrons. The Kier molecular flexibility index (Phi) is 7.41. The first-order valence-corrected chi connectivity index (χ1v) is 8.10. The van der Waals surface area contributed by atoms with Gasteiger partial charge in [0.25, 0.3) is 0 Å². The number of halogens is 1. The fourth-order valence-corrected chi connectivity index (χ4v) is 2.64. The Hall–Kier alpha value is -0.530. The third kappa shape index (κ3) is 6.71. The second-order valence-electron chi connectivity index (χ2n) is 7.22. The van der Waals surface area contributed by atoms with Crippen LogP contribution in [0, 0.1) is 5.92 Å². The van der Waals surface area contributed by atoms with E-state index in [-0.39, 0.29) is 41.5 Å². The van der Waals surface area contributed by atoms with Crippen molar-refractivity contribution in [3.05, 3.63) is 0 Å². The maximum Gasteiger partial charge on any atom is 0.309 e. The van der Waals surface area contributed by atoms with Crippen molar-refractivity contribution >= 4 is 35.9 Å². The van der Waals surface area contributed by atoms with Gasteiger partial charge in [0.15, 0.2) is 5.96 Å². The van der Waals surface area contributed by atoms with Gasteiger partial charge in [0.1, 0.15) is 5.60 Å². The molecule has 22 heavy (non-hydrogen) atoms. The lowest BCUT2D eigenvalue weighted by molar-refractivity contribution is -0.161. The highest BCUT2D eigenvalue weighted by Gasteiger charge is 2.30. The summed E-state index contributed by atoms with van der Waals surface area (Å²) in [7, 11) is 1.81. The van der Waals surface area contributed by atoms with Crippen LogP contribution < -0.4 is 10.6 Å². The van der Waals surface area contributed by atoms with Gasteiger partial charge in [-0.2, -0.15) is 0 Å². The standard InChI is InChI=1S/C16H29N3O2.HI/c1-16(2,3)21-14(20)11-5-7-12(8-6-11)18-15(17-4)19-13-9-10-13;/h11-13H,5-10H2,1-4H3,(H2,17,18,19);1H. The van der Waals surface area contributed by atoms with Gasteiger partial charge in [-0.1, -0.05) is 0 Å². The molecule has 0 spiro atoms. The van der Waals surface area contributed by atoms with Gasteiger partial charge in [0.05, 0.1) is 5.92 Å². The highest BCUT2D eigenvalue weighted by Crippen LogP contribution is 2.27. The number of ether oxygens (including phenoxy) is 1. The van der Waals surface area contributed by atoms with Crippen LogP contribution in [0.4, 0.5) is 0 Å². The van der Waals surface area contributed by atoms with E-state index in [0.29, 0.717) is 12.1 Å². The molecule has 2 aliphatic rings. The zero-order valence-electron chi connectivity index (χ0n) is 14.1. The van der Waals surface area contributed by atoms with E-state index in [1.165, 1.54) is 12.8 Å². The van der Waals surface area contributed by atoms with Crippen LogP contribution in [0.15, 0.2) is 4.99 Å². The van der Waals surface area contributed by atoms with Crippen molar-refractivity contribution < 1.29 is 9.53 Å². The van der Waals surface area contributed by atoms with Crippen LogP contribution in [0.2, 0.25) is 0 Å². The summed E-state index contributed by atoms with van der Waals surface area (Å²) in [5, 5.41) is 6.87. The summed E-state index contributed by atoms with van der Waals surface area (Å²) in [5.74, 6) is 0.917. The number of carbonyl (C=O) groups excluding carboxylic acids is 1. The summed E-state index contributed by atoms with van der Waals surface area (Å²) in [4.78, 5) is 16.3. The molecule has 6 heteroatoms. The molecule has 0 unspecified atom stereocenters. The lowest BCUT2D eigenvalue weighted by Gasteiger charge is -2.31. The molecule has 0 aromatic heterocycles. The summed E-state index contributed by atoms with van der Waals surface area (Å²) in [6.45, 7) is 5.77. The molecule has 2 N–H and O–H groups in total. The first-order valence-electron chi connectivity index (χ1n) is 8.10. The fraction of sp³-hybridized carbons (Fsp3) is 0.875. The van der Waals surface area contributed by atoms with Crippen molar-refractivity contribution in [2.75, 3.05) is 7.05 Å². The molecule has 2 fully saturated rings. The quantitative estimate of drug-likeness (QED) is 0.317. The third-order valence-corrected chi connectivity index (χ3v) is 3.95. The number of hydrogen-bond donors (Lipinski definition) is 2. The van der Waals surface area contributed by atoms with E-state index in [2.05, 4.69) is 15.6 Å². The number of nitrogens with one attached hydrogen (secondary N) is 2. The van der Waals surface area contributed by atoms with Crippen LogP contribution in [-0.2, 0) is 9.53 Å². The lowest BCUT2D eigenvalue weighted by atomic mass is 9.86. The van der Waals surface area contributed by atoms with Gasteiger partial charge in [0.2, 0.25) is 0 Å². The number of esters is 1. The first-order chi connectivity index (χ1) is 9.87. The third-order valence-electron chi connectivity index (χ3n) is 3.95. The molecule has 0 aliphatic heterocycles. The minimum absolute atomic E-state index is 0. The Labute approximate surface area is 151 Å². The minimum atomic E-state index is -0.387. The Morgan fingerprint density at radius 2 is 1.45 bits per heavy atom. The topological polar surface area (TPSA) is 62.7 Å². The highest BCUT2D eigenvalue weighted by molar-refractivity contribution is 14.0. The number of nitrogens with zero attached hydrogens (tertiary/aromatic N) is 1. The van der Waals surface area contributed by atoms with Crippen LogP contribution >= 0.6 is 24.0 Å². The molecule has 2 saturated carbocycles. The van der Waals surface area contributed by atoms with Crippen LogP contribution in [-0.4, -0.2) is 36.7 Å². The summed E-state index contributed by atoms with van der Waals surface area (Å²) in [6.07, 6.45) is 6.27. The first kappa shape index (κ1) is 19.5. The van der Waals surface area contributed by atoms with Crippen molar-refractivity contribution in [3.63, 3.8) is 0 Å². The molecule has 0 aromatic rings. The fourth-order valence-electron chi connectivity index (χ4n) is 2.64. The van der Waals surface area contributed by atoms with Gasteiger partial charge in [-0.25, -0.2) is 0 Å². The Morgan fingerprint density at radius 3 is 1.82 bits per heavy atom. The van der Waals surface area contributed by atoms with E-state index in [1.807, 2.05) is 27.8 Å². The van der Waals surface area contributed by atoms with Crippen LogP contribution in [0.25, 0.3) is 0 Å². The maximum absolute atomic E-state index is 12.1. The Bertz CT molecular complexity index is 395. The van der Waals surface area contributed by atoms with E-state index in [1.54, 1.807) is 0 Å². The van der Waals surface area contributed by atoms with E-state index in [4.69, 9.17) is 4.74 Å². The van der Waals surface area contributed by atoms with E-state index < -0.39 is 0 Å². The molecule has 5 nitrogen and oxygen atoms in total. The number of guanidine groups is 1. The molecular formula is C16H30IN3O2. The van der Waals surface area contributed by atoms with Gasteiger partial charge >= 0.3 is 5.97 Å². The number of aliphatic imine (C=N–C) groups is 1. The van der Waals surface area contributed by atoms with Crippen molar-refractivity contribution in [1.29, 1.82) is 0 Å². The normalized spacial score (nSPS) is 25.9. The van der Waals surface area contributed by atoms with Gasteiger partial charge in [-0.05, 0) is 59.3 Å². The van der Waals surface area contributed by atoms with Gasteiger partial charge in [-0.3, -0.25) is 9.79 Å². The minimum Gasteiger partial charge on any atom is -0.460 e. The summed E-state index contributed by atoms with van der Waals surface area (Å²) in [5.41, 5.74) is -0.387. The molecule has 0 aromatic carbocycles. The molecule has 0 atom stereocenters. The summed E-state index contributed by atoms with van der Waals surface area (Å²) >= 11 is 0. The monoisotopic (exact) mass is 423 g/mol. The summed E-state index contributed by atoms with van der Waals surface area (Å²) < 4.78 is 5.48. The van der Waals surface area contributed by atoms with E-state index in [0.717, 1.165) is 31.6 Å². The van der Waals surface area contributed by atoms with Crippen molar-refractivity contribution in [2.24, 2.45) is 10.9 Å². The van der Waals surface area contributed by atoms with Gasteiger partial charge < -0.3 is 15.4 Å². The van der Waals surface area contributed by atoms with Crippen LogP contribution in [0.5, 0.6) is 0 Å². The van der Waals surface area contributed by atoms with Crippen LogP contribution in [0.3, 0.4) is 0 Å². The molecular weight excluding hydrogens is 393 g/mol. The second kappa shape index (κ2) is 8.36. The van der Waals surface area contributed by atoms with Gasteiger partial charge in [-0.15, -0.1) is 24.0 Å². The Morgan fingerprint density at radius 1 is 1.00 bits per heavy atom. The second-order valence-corrected chi connectivity index (χ2v) is 7.22. The van der Waals surface area contributed by atoms with Crippen LogP contribution in [0.1, 0.15) is 59.3 Å². The van der Waals surface area contributed by atoms with E-state index in [9.17, 15) is 4.79 Å². The number of carbonyl (C=O) groups is 1. The van der Waals surface area contributed by atoms with Crippen molar-refractivity contribution in [1.82, 2.24) is 10.6 Å². The Balaban J connectivity index is 0.00000242. The average molecular weight is 423 g/mol. The smallest absolute Gasteiger partial charge is 0.309 e. The predicted octanol–water partition coefficient (Wildman–Crippen LogP) is 2.83. The SMILES string of the molecule is CN=C(NC1CC1)NC1CCC(C(=O)OC(C)(C)C)CC1.I. The lowest BCUT2D eigenvalue weighted by Crippen LogP contribution is -2.46. The zero-order valence-corrected chi connectivity index (χ0v) is 16.5. The molecule has 2 aliphatic carbocycles. The maximum atomic E-state index is 12.1. The molecule has 0 heterocycles. The van der Waals surface area contributed by atoms with E-state index >= 15 is 0 Å². The van der Waals surface area contributed by atoms with Crippen molar-refractivity contribution in [2.45, 2.75) is 77.0 Å². The molecule has 0 radical (unpaired) electrons. The molecule has 0 amide bonds. The largest absolute Gasteiger partial charge is 0.460 e. The molecule has 0 saturated heterocycles. The zero-order chi connectivity index (χ0) is 15.5. The predicted molar refractivity (Wildman–Crippen MR) is 99.7 cm³/mol. The van der Waals surface area contributed by atoms with Crippen molar-refractivity contribution in [3.8, 4) is 0 Å². The number of hydrogen-bond acceptors (Lipinski definition) is 3.